The lowest BCUT2D eigenvalue weighted by Gasteiger charge is -2.07. The molecule has 0 aliphatic carbocycles. The summed E-state index contributed by atoms with van der Waals surface area (Å²) < 4.78 is 17.8. The number of benzene rings is 1. The highest BCUT2D eigenvalue weighted by Crippen LogP contribution is 2.10. The van der Waals surface area contributed by atoms with E-state index in [1.807, 2.05) is 0 Å². The Morgan fingerprint density at radius 3 is 2.60 bits per heavy atom. The van der Waals surface area contributed by atoms with Gasteiger partial charge in [0.15, 0.2) is 0 Å². The van der Waals surface area contributed by atoms with Crippen molar-refractivity contribution in [3.8, 4) is 0 Å². The van der Waals surface area contributed by atoms with Crippen molar-refractivity contribution in [3.05, 3.63) is 29.8 Å². The number of anilines is 1. The van der Waals surface area contributed by atoms with Gasteiger partial charge in [-0.3, -0.25) is 0 Å². The molecule has 0 amide bonds. The summed E-state index contributed by atoms with van der Waals surface area (Å²) in [6.07, 6.45) is -1.58. The van der Waals surface area contributed by atoms with Crippen molar-refractivity contribution in [3.63, 3.8) is 0 Å². The number of hydrogen-bond acceptors (Lipinski definition) is 3. The van der Waals surface area contributed by atoms with Crippen molar-refractivity contribution in [1.82, 2.24) is 0 Å². The number of rotatable bonds is 4. The van der Waals surface area contributed by atoms with Crippen molar-refractivity contribution >= 4 is 11.7 Å². The molecule has 0 aromatic heterocycles. The number of nitrogen functional groups attached to an aromatic ring is 1. The molecule has 1 rings (SSSR count). The molecule has 1 atom stereocenters. The highest BCUT2D eigenvalue weighted by atomic mass is 19.1. The predicted octanol–water partition coefficient (Wildman–Crippen LogP) is 1.71. The second kappa shape index (κ2) is 5.34. The summed E-state index contributed by atoms with van der Waals surface area (Å²) in [6, 6.07) is 6.74. The van der Waals surface area contributed by atoms with Crippen LogP contribution in [-0.2, 0) is 16.0 Å². The second-order valence-electron chi connectivity index (χ2n) is 3.17. The minimum absolute atomic E-state index is 0.0269. The normalized spacial score (nSPS) is 12.1. The lowest BCUT2D eigenvalue weighted by Crippen LogP contribution is -2.21. The molecular formula is C11H14FNO2. The first kappa shape index (κ1) is 11.5. The smallest absolute Gasteiger partial charge is 0.341 e. The lowest BCUT2D eigenvalue weighted by atomic mass is 10.1. The third kappa shape index (κ3) is 3.58. The van der Waals surface area contributed by atoms with E-state index in [4.69, 9.17) is 5.73 Å². The van der Waals surface area contributed by atoms with Gasteiger partial charge >= 0.3 is 5.97 Å². The maximum Gasteiger partial charge on any atom is 0.341 e. The van der Waals surface area contributed by atoms with E-state index in [-0.39, 0.29) is 13.0 Å². The highest BCUT2D eigenvalue weighted by molar-refractivity contribution is 5.74. The van der Waals surface area contributed by atoms with Gasteiger partial charge in [-0.1, -0.05) is 12.1 Å². The summed E-state index contributed by atoms with van der Waals surface area (Å²) in [5.41, 5.74) is 6.82. The number of esters is 1. The average molecular weight is 211 g/mol. The van der Waals surface area contributed by atoms with E-state index < -0.39 is 12.1 Å². The summed E-state index contributed by atoms with van der Waals surface area (Å²) in [5, 5.41) is 0. The van der Waals surface area contributed by atoms with E-state index in [9.17, 15) is 9.18 Å². The van der Waals surface area contributed by atoms with E-state index >= 15 is 0 Å². The molecule has 3 nitrogen and oxygen atoms in total. The van der Waals surface area contributed by atoms with E-state index in [0.29, 0.717) is 5.69 Å². The summed E-state index contributed by atoms with van der Waals surface area (Å²) in [6.45, 7) is 1.84. The van der Waals surface area contributed by atoms with Gasteiger partial charge in [0, 0.05) is 12.1 Å². The van der Waals surface area contributed by atoms with Gasteiger partial charge in [-0.25, -0.2) is 9.18 Å². The van der Waals surface area contributed by atoms with Crippen molar-refractivity contribution in [2.75, 3.05) is 12.3 Å². The Morgan fingerprint density at radius 1 is 1.47 bits per heavy atom. The molecule has 0 radical (unpaired) electrons. The molecule has 15 heavy (non-hydrogen) atoms. The van der Waals surface area contributed by atoms with Gasteiger partial charge in [-0.2, -0.15) is 0 Å². The van der Waals surface area contributed by atoms with E-state index in [1.165, 1.54) is 0 Å². The SMILES string of the molecule is CCOC(=O)C(F)Cc1ccc(N)cc1. The molecule has 1 unspecified atom stereocenters. The predicted molar refractivity (Wildman–Crippen MR) is 56.1 cm³/mol. The van der Waals surface area contributed by atoms with Crippen LogP contribution in [0.1, 0.15) is 12.5 Å². The van der Waals surface area contributed by atoms with Crippen LogP contribution in [0.5, 0.6) is 0 Å². The molecule has 0 heterocycles. The second-order valence-corrected chi connectivity index (χ2v) is 3.17. The summed E-state index contributed by atoms with van der Waals surface area (Å²) in [7, 11) is 0. The number of alkyl halides is 1. The van der Waals surface area contributed by atoms with Crippen LogP contribution in [0.15, 0.2) is 24.3 Å². The van der Waals surface area contributed by atoms with Crippen LogP contribution < -0.4 is 5.73 Å². The van der Waals surface area contributed by atoms with Gasteiger partial charge < -0.3 is 10.5 Å². The molecule has 0 spiro atoms. The molecule has 1 aromatic rings. The van der Waals surface area contributed by atoms with Gasteiger partial charge in [-0.15, -0.1) is 0 Å². The van der Waals surface area contributed by atoms with E-state index in [1.54, 1.807) is 31.2 Å². The molecule has 1 aromatic carbocycles. The summed E-state index contributed by atoms with van der Waals surface area (Å²) >= 11 is 0. The van der Waals surface area contributed by atoms with Crippen molar-refractivity contribution in [1.29, 1.82) is 0 Å². The Morgan fingerprint density at radius 2 is 2.07 bits per heavy atom. The molecular weight excluding hydrogens is 197 g/mol. The molecule has 2 N–H and O–H groups in total. The monoisotopic (exact) mass is 211 g/mol. The third-order valence-corrected chi connectivity index (χ3v) is 1.94. The maximum absolute atomic E-state index is 13.3. The zero-order chi connectivity index (χ0) is 11.3. The number of nitrogens with two attached hydrogens (primary N) is 1. The van der Waals surface area contributed by atoms with Crippen molar-refractivity contribution in [2.24, 2.45) is 0 Å². The number of carbonyl (C=O) groups excluding carboxylic acids is 1. The number of ether oxygens (including phenoxy) is 1. The first-order chi connectivity index (χ1) is 7.13. The minimum Gasteiger partial charge on any atom is -0.464 e. The van der Waals surface area contributed by atoms with Gasteiger partial charge in [0.1, 0.15) is 0 Å². The molecule has 0 fully saturated rings. The Hall–Kier alpha value is -1.58. The Labute approximate surface area is 88.0 Å². The maximum atomic E-state index is 13.3. The number of carbonyl (C=O) groups is 1. The zero-order valence-electron chi connectivity index (χ0n) is 8.57. The lowest BCUT2D eigenvalue weighted by molar-refractivity contribution is -0.149. The average Bonchev–Trinajstić information content (AvgIpc) is 2.22. The molecule has 0 aliphatic heterocycles. The molecule has 0 saturated carbocycles. The van der Waals surface area contributed by atoms with Crippen LogP contribution in [0, 0.1) is 0 Å². The largest absolute Gasteiger partial charge is 0.464 e. The Balaban J connectivity index is 2.54. The highest BCUT2D eigenvalue weighted by Gasteiger charge is 2.18. The van der Waals surface area contributed by atoms with Gasteiger partial charge in [0.05, 0.1) is 6.61 Å². The van der Waals surface area contributed by atoms with E-state index in [0.717, 1.165) is 5.56 Å². The first-order valence-electron chi connectivity index (χ1n) is 4.78. The van der Waals surface area contributed by atoms with Gasteiger partial charge in [0.25, 0.3) is 0 Å². The number of halogens is 1. The van der Waals surface area contributed by atoms with Crippen LogP contribution in [0.3, 0.4) is 0 Å². The van der Waals surface area contributed by atoms with Crippen LogP contribution >= 0.6 is 0 Å². The quantitative estimate of drug-likeness (QED) is 0.609. The minimum atomic E-state index is -1.60. The van der Waals surface area contributed by atoms with E-state index in [2.05, 4.69) is 4.74 Å². The standard InChI is InChI=1S/C11H14FNO2/c1-2-15-11(14)10(12)7-8-3-5-9(13)6-4-8/h3-6,10H,2,7,13H2,1H3. The topological polar surface area (TPSA) is 52.3 Å². The first-order valence-corrected chi connectivity index (χ1v) is 4.78. The Bertz CT molecular complexity index is 324. The molecule has 0 aliphatic rings. The van der Waals surface area contributed by atoms with Gasteiger partial charge in [0.2, 0.25) is 6.17 Å². The van der Waals surface area contributed by atoms with Crippen LogP contribution in [0.4, 0.5) is 10.1 Å². The molecule has 0 bridgehead atoms. The fourth-order valence-corrected chi connectivity index (χ4v) is 1.18. The third-order valence-electron chi connectivity index (χ3n) is 1.94. The van der Waals surface area contributed by atoms with Crippen molar-refractivity contribution in [2.45, 2.75) is 19.5 Å². The van der Waals surface area contributed by atoms with Crippen molar-refractivity contribution < 1.29 is 13.9 Å². The summed E-state index contributed by atoms with van der Waals surface area (Å²) in [5.74, 6) is -0.811. The van der Waals surface area contributed by atoms with Crippen LogP contribution in [0.25, 0.3) is 0 Å². The fraction of sp³-hybridized carbons (Fsp3) is 0.364. The fourth-order valence-electron chi connectivity index (χ4n) is 1.18. The molecule has 82 valence electrons. The Kier molecular flexibility index (Phi) is 4.09. The zero-order valence-corrected chi connectivity index (χ0v) is 8.57. The van der Waals surface area contributed by atoms with Crippen LogP contribution in [-0.4, -0.2) is 18.7 Å². The number of hydrogen-bond donors (Lipinski definition) is 1. The van der Waals surface area contributed by atoms with Crippen LogP contribution in [0.2, 0.25) is 0 Å². The summed E-state index contributed by atoms with van der Waals surface area (Å²) in [4.78, 5) is 11.0. The molecule has 4 heteroatoms. The molecule has 0 saturated heterocycles. The van der Waals surface area contributed by atoms with Gasteiger partial charge in [-0.05, 0) is 24.6 Å².